The molecule has 3 heteroatoms. The second-order valence-electron chi connectivity index (χ2n) is 4.99. The third-order valence-electron chi connectivity index (χ3n) is 3.29. The lowest BCUT2D eigenvalue weighted by Crippen LogP contribution is -2.14. The molecule has 0 aromatic carbocycles. The lowest BCUT2D eigenvalue weighted by molar-refractivity contribution is -0.148. The highest BCUT2D eigenvalue weighted by molar-refractivity contribution is 9.09. The van der Waals surface area contributed by atoms with E-state index in [9.17, 15) is 4.79 Å². The molecule has 2 nitrogen and oxygen atoms in total. The van der Waals surface area contributed by atoms with Gasteiger partial charge in [-0.3, -0.25) is 4.79 Å². The summed E-state index contributed by atoms with van der Waals surface area (Å²) in [5.74, 6) is 0.0201. The molecule has 0 amide bonds. The Labute approximate surface area is 121 Å². The standard InChI is InChI=1S/C15H29BrO2/c1-3-14(2)15(17)18-13-11-9-7-5-4-6-8-10-12-16/h14H,3-13H2,1-2H3. The van der Waals surface area contributed by atoms with Crippen LogP contribution in [0.1, 0.15) is 71.6 Å². The van der Waals surface area contributed by atoms with Crippen molar-refractivity contribution in [3.05, 3.63) is 0 Å². The third kappa shape index (κ3) is 11.1. The van der Waals surface area contributed by atoms with Gasteiger partial charge in [-0.2, -0.15) is 0 Å². The van der Waals surface area contributed by atoms with Crippen LogP contribution < -0.4 is 0 Å². The number of rotatable bonds is 12. The Kier molecular flexibility index (Phi) is 13.3. The second kappa shape index (κ2) is 13.4. The Hall–Kier alpha value is -0.0500. The van der Waals surface area contributed by atoms with Gasteiger partial charge in [0, 0.05) is 5.33 Å². The Morgan fingerprint density at radius 2 is 1.50 bits per heavy atom. The van der Waals surface area contributed by atoms with Gasteiger partial charge in [0.25, 0.3) is 0 Å². The molecule has 108 valence electrons. The average molecular weight is 321 g/mol. The number of hydrogen-bond acceptors (Lipinski definition) is 2. The topological polar surface area (TPSA) is 26.3 Å². The van der Waals surface area contributed by atoms with Gasteiger partial charge in [-0.05, 0) is 19.3 Å². The third-order valence-corrected chi connectivity index (χ3v) is 3.85. The first-order chi connectivity index (χ1) is 8.72. The first-order valence-electron chi connectivity index (χ1n) is 7.45. The van der Waals surface area contributed by atoms with Crippen molar-refractivity contribution in [2.24, 2.45) is 5.92 Å². The smallest absolute Gasteiger partial charge is 0.308 e. The van der Waals surface area contributed by atoms with Crippen LogP contribution in [0.25, 0.3) is 0 Å². The number of halogens is 1. The minimum atomic E-state index is -0.0349. The Morgan fingerprint density at radius 1 is 1.00 bits per heavy atom. The van der Waals surface area contributed by atoms with Gasteiger partial charge in [0.1, 0.15) is 0 Å². The van der Waals surface area contributed by atoms with Crippen LogP contribution in [0.4, 0.5) is 0 Å². The molecule has 0 aliphatic heterocycles. The fourth-order valence-electron chi connectivity index (χ4n) is 1.74. The van der Waals surface area contributed by atoms with Crippen molar-refractivity contribution >= 4 is 21.9 Å². The molecule has 0 saturated heterocycles. The number of alkyl halides is 1. The molecule has 18 heavy (non-hydrogen) atoms. The zero-order valence-electron chi connectivity index (χ0n) is 12.0. The Bertz CT molecular complexity index is 195. The number of esters is 1. The highest BCUT2D eigenvalue weighted by Crippen LogP contribution is 2.10. The minimum absolute atomic E-state index is 0.0349. The molecule has 0 radical (unpaired) electrons. The number of carbonyl (C=O) groups is 1. The summed E-state index contributed by atoms with van der Waals surface area (Å²) in [6.45, 7) is 4.55. The molecule has 0 aliphatic carbocycles. The van der Waals surface area contributed by atoms with Crippen LogP contribution in [0.2, 0.25) is 0 Å². The summed E-state index contributed by atoms with van der Waals surface area (Å²) in [4.78, 5) is 11.4. The van der Waals surface area contributed by atoms with E-state index in [1.165, 1.54) is 44.9 Å². The van der Waals surface area contributed by atoms with Gasteiger partial charge in [-0.25, -0.2) is 0 Å². The number of hydrogen-bond donors (Lipinski definition) is 0. The average Bonchev–Trinajstić information content (AvgIpc) is 2.39. The van der Waals surface area contributed by atoms with Crippen molar-refractivity contribution < 1.29 is 9.53 Å². The number of unbranched alkanes of at least 4 members (excludes halogenated alkanes) is 7. The molecule has 1 atom stereocenters. The van der Waals surface area contributed by atoms with E-state index in [-0.39, 0.29) is 11.9 Å². The van der Waals surface area contributed by atoms with Gasteiger partial charge in [0.15, 0.2) is 0 Å². The van der Waals surface area contributed by atoms with E-state index in [0.29, 0.717) is 6.61 Å². The fraction of sp³-hybridized carbons (Fsp3) is 0.933. The van der Waals surface area contributed by atoms with E-state index in [2.05, 4.69) is 15.9 Å². The molecule has 1 unspecified atom stereocenters. The molecule has 0 saturated carbocycles. The summed E-state index contributed by atoms with van der Waals surface area (Å²) in [5, 5.41) is 1.13. The highest BCUT2D eigenvalue weighted by atomic mass is 79.9. The van der Waals surface area contributed by atoms with Crippen molar-refractivity contribution in [2.45, 2.75) is 71.6 Å². The minimum Gasteiger partial charge on any atom is -0.465 e. The largest absolute Gasteiger partial charge is 0.465 e. The van der Waals surface area contributed by atoms with Crippen LogP contribution in [-0.4, -0.2) is 17.9 Å². The molecule has 0 aliphatic rings. The van der Waals surface area contributed by atoms with E-state index in [1.54, 1.807) is 0 Å². The summed E-state index contributed by atoms with van der Waals surface area (Å²) in [6, 6.07) is 0. The summed E-state index contributed by atoms with van der Waals surface area (Å²) in [5.41, 5.74) is 0. The van der Waals surface area contributed by atoms with E-state index in [1.807, 2.05) is 13.8 Å². The Balaban J connectivity index is 3.14. The van der Waals surface area contributed by atoms with Crippen LogP contribution in [0, 0.1) is 5.92 Å². The van der Waals surface area contributed by atoms with E-state index < -0.39 is 0 Å². The molecule has 0 rings (SSSR count). The van der Waals surface area contributed by atoms with Gasteiger partial charge in [-0.1, -0.05) is 68.3 Å². The summed E-state index contributed by atoms with van der Waals surface area (Å²) < 4.78 is 5.21. The normalized spacial score (nSPS) is 12.4. The van der Waals surface area contributed by atoms with Gasteiger partial charge in [0.2, 0.25) is 0 Å². The van der Waals surface area contributed by atoms with Gasteiger partial charge < -0.3 is 4.74 Å². The summed E-state index contributed by atoms with van der Waals surface area (Å²) >= 11 is 3.45. The lowest BCUT2D eigenvalue weighted by Gasteiger charge is -2.08. The molecule has 0 fully saturated rings. The molecule has 0 spiro atoms. The van der Waals surface area contributed by atoms with Gasteiger partial charge >= 0.3 is 5.97 Å². The molecule has 0 bridgehead atoms. The first kappa shape index (κ1) is 17.9. The van der Waals surface area contributed by atoms with Crippen LogP contribution in [0.3, 0.4) is 0 Å². The molecule has 0 heterocycles. The Morgan fingerprint density at radius 3 is 2.00 bits per heavy atom. The predicted octanol–water partition coefficient (Wildman–Crippen LogP) is 5.09. The second-order valence-corrected chi connectivity index (χ2v) is 5.79. The monoisotopic (exact) mass is 320 g/mol. The van der Waals surface area contributed by atoms with Gasteiger partial charge in [-0.15, -0.1) is 0 Å². The van der Waals surface area contributed by atoms with Crippen molar-refractivity contribution in [1.82, 2.24) is 0 Å². The maximum Gasteiger partial charge on any atom is 0.308 e. The molecular formula is C15H29BrO2. The predicted molar refractivity (Wildman–Crippen MR) is 81.1 cm³/mol. The molecular weight excluding hydrogens is 292 g/mol. The lowest BCUT2D eigenvalue weighted by atomic mass is 10.1. The van der Waals surface area contributed by atoms with Crippen molar-refractivity contribution in [2.75, 3.05) is 11.9 Å². The van der Waals surface area contributed by atoms with E-state index in [0.717, 1.165) is 18.2 Å². The van der Waals surface area contributed by atoms with Gasteiger partial charge in [0.05, 0.1) is 12.5 Å². The number of carbonyl (C=O) groups excluding carboxylic acids is 1. The van der Waals surface area contributed by atoms with Crippen molar-refractivity contribution in [1.29, 1.82) is 0 Å². The highest BCUT2D eigenvalue weighted by Gasteiger charge is 2.10. The fourth-order valence-corrected chi connectivity index (χ4v) is 2.14. The van der Waals surface area contributed by atoms with Crippen LogP contribution in [-0.2, 0) is 9.53 Å². The van der Waals surface area contributed by atoms with Crippen LogP contribution in [0.5, 0.6) is 0 Å². The zero-order valence-corrected chi connectivity index (χ0v) is 13.6. The summed E-state index contributed by atoms with van der Waals surface area (Å²) in [7, 11) is 0. The molecule has 0 aromatic rings. The van der Waals surface area contributed by atoms with E-state index >= 15 is 0 Å². The number of ether oxygens (including phenoxy) is 1. The van der Waals surface area contributed by atoms with E-state index in [4.69, 9.17) is 4.74 Å². The van der Waals surface area contributed by atoms with Crippen molar-refractivity contribution in [3.8, 4) is 0 Å². The maximum atomic E-state index is 11.4. The quantitative estimate of drug-likeness (QED) is 0.284. The maximum absolute atomic E-state index is 11.4. The first-order valence-corrected chi connectivity index (χ1v) is 8.57. The SMILES string of the molecule is CCC(C)C(=O)OCCCCCCCCCCBr. The molecule has 0 aromatic heterocycles. The molecule has 0 N–H and O–H groups in total. The van der Waals surface area contributed by atoms with Crippen LogP contribution >= 0.6 is 15.9 Å². The zero-order chi connectivity index (χ0) is 13.6. The van der Waals surface area contributed by atoms with Crippen LogP contribution in [0.15, 0.2) is 0 Å². The summed E-state index contributed by atoms with van der Waals surface area (Å²) in [6.07, 6.45) is 11.0. The van der Waals surface area contributed by atoms with Crippen molar-refractivity contribution in [3.63, 3.8) is 0 Å².